The van der Waals surface area contributed by atoms with E-state index >= 15 is 0 Å². The molecule has 3 atom stereocenters. The van der Waals surface area contributed by atoms with Crippen molar-refractivity contribution in [2.45, 2.75) is 56.5 Å². The lowest BCUT2D eigenvalue weighted by Crippen LogP contribution is -2.31. The molecule has 1 amide bonds. The number of ether oxygens (including phenoxy) is 2. The number of carbonyl (C=O) groups is 2. The largest absolute Gasteiger partial charge is 0.496 e. The van der Waals surface area contributed by atoms with Gasteiger partial charge in [-0.1, -0.05) is 12.1 Å². The van der Waals surface area contributed by atoms with Gasteiger partial charge in [-0.3, -0.25) is 9.88 Å². The average molecular weight is 725 g/mol. The van der Waals surface area contributed by atoms with Crippen LogP contribution in [0.2, 0.25) is 0 Å². The number of carboxylic acid groups (broad SMARTS) is 1. The quantitative estimate of drug-likeness (QED) is 0.199. The minimum atomic E-state index is -5.17. The maximum atomic E-state index is 14.1. The predicted octanol–water partition coefficient (Wildman–Crippen LogP) is 9.88. The molecule has 1 unspecified atom stereocenters. The summed E-state index contributed by atoms with van der Waals surface area (Å²) >= 11 is 0. The van der Waals surface area contributed by atoms with Crippen molar-refractivity contribution in [2.75, 3.05) is 7.11 Å². The van der Waals surface area contributed by atoms with E-state index in [0.717, 1.165) is 11.0 Å². The fraction of sp³-hybridized carbons (Fsp3) is 0.286. The smallest absolute Gasteiger partial charge is 0.417 e. The molecule has 2 aliphatic heterocycles. The number of alkyl halides is 9. The van der Waals surface area contributed by atoms with Crippen molar-refractivity contribution < 1.29 is 63.7 Å². The van der Waals surface area contributed by atoms with Gasteiger partial charge in [0.05, 0.1) is 47.1 Å². The molecule has 7 nitrogen and oxygen atoms in total. The number of methoxy groups -OCH3 is 1. The number of aromatic carboxylic acids is 1. The van der Waals surface area contributed by atoms with Crippen LogP contribution >= 0.6 is 0 Å². The van der Waals surface area contributed by atoms with E-state index < -0.39 is 71.0 Å². The first-order valence-electron chi connectivity index (χ1n) is 15.2. The summed E-state index contributed by atoms with van der Waals surface area (Å²) in [6, 6.07) is 8.48. The molecule has 0 bridgehead atoms. The Morgan fingerprint density at radius 3 is 2.06 bits per heavy atom. The standard InChI is InChI=1S/C35H25F9N2O5/c1-16-9-18(31(47)48)3-5-23(16)17-4-8-28(50-2)25(12-17)29-24(14-22(15-45-29)35(42,43)44)26-6-7-27-30(51-32(49)46(26)27)19-10-20(33(36,37)38)13-21(11-19)34(39,40)41/h3-5,8-15,26-27,30H,6-7H2,1-2H3,(H,47,48)/t26?,27-,30+/m0/s1. The lowest BCUT2D eigenvalue weighted by atomic mass is 9.92. The van der Waals surface area contributed by atoms with Crippen LogP contribution in [0.3, 0.4) is 0 Å². The highest BCUT2D eigenvalue weighted by atomic mass is 19.4. The minimum Gasteiger partial charge on any atom is -0.496 e. The molecule has 0 radical (unpaired) electrons. The van der Waals surface area contributed by atoms with E-state index in [1.54, 1.807) is 25.1 Å². The summed E-state index contributed by atoms with van der Waals surface area (Å²) in [6.07, 6.45) is -17.4. The predicted molar refractivity (Wildman–Crippen MR) is 162 cm³/mol. The molecule has 6 rings (SSSR count). The van der Waals surface area contributed by atoms with Gasteiger partial charge < -0.3 is 14.6 Å². The molecule has 0 aliphatic carbocycles. The zero-order chi connectivity index (χ0) is 37.2. The molecule has 51 heavy (non-hydrogen) atoms. The van der Waals surface area contributed by atoms with Gasteiger partial charge in [0.25, 0.3) is 0 Å². The van der Waals surface area contributed by atoms with Crippen molar-refractivity contribution in [3.63, 3.8) is 0 Å². The van der Waals surface area contributed by atoms with Gasteiger partial charge in [-0.25, -0.2) is 9.59 Å². The summed E-state index contributed by atoms with van der Waals surface area (Å²) in [7, 11) is 1.31. The molecule has 4 aromatic rings. The number of aromatic nitrogens is 1. The molecule has 1 N–H and O–H groups in total. The van der Waals surface area contributed by atoms with Crippen LogP contribution in [-0.4, -0.2) is 40.2 Å². The van der Waals surface area contributed by atoms with Crippen molar-refractivity contribution in [3.05, 3.63) is 106 Å². The number of cyclic esters (lactones) is 1. The lowest BCUT2D eigenvalue weighted by Gasteiger charge is -2.26. The van der Waals surface area contributed by atoms with Crippen LogP contribution in [0.5, 0.6) is 5.75 Å². The Hall–Kier alpha value is -5.28. The average Bonchev–Trinajstić information content (AvgIpc) is 3.63. The van der Waals surface area contributed by atoms with Gasteiger partial charge in [0.2, 0.25) is 0 Å². The third-order valence-corrected chi connectivity index (χ3v) is 9.00. The number of hydrogen-bond donors (Lipinski definition) is 1. The van der Waals surface area contributed by atoms with Crippen molar-refractivity contribution in [1.29, 1.82) is 0 Å². The number of benzene rings is 3. The number of carboxylic acids is 1. The topological polar surface area (TPSA) is 89.0 Å². The van der Waals surface area contributed by atoms with Crippen LogP contribution in [0, 0.1) is 6.92 Å². The summed E-state index contributed by atoms with van der Waals surface area (Å²) in [4.78, 5) is 30.0. The zero-order valence-electron chi connectivity index (χ0n) is 26.4. The van der Waals surface area contributed by atoms with Crippen molar-refractivity contribution in [1.82, 2.24) is 9.88 Å². The van der Waals surface area contributed by atoms with E-state index in [4.69, 9.17) is 9.47 Å². The van der Waals surface area contributed by atoms with Gasteiger partial charge in [-0.05, 0) is 90.6 Å². The normalized spacial score (nSPS) is 19.2. The van der Waals surface area contributed by atoms with Crippen LogP contribution in [0.15, 0.2) is 66.9 Å². The molecule has 2 aliphatic rings. The Bertz CT molecular complexity index is 2010. The molecule has 2 fully saturated rings. The van der Waals surface area contributed by atoms with E-state index in [2.05, 4.69) is 4.98 Å². The van der Waals surface area contributed by atoms with Gasteiger partial charge in [0.1, 0.15) is 11.9 Å². The maximum absolute atomic E-state index is 14.1. The molecule has 3 heterocycles. The second kappa shape index (κ2) is 12.5. The number of amides is 1. The Morgan fingerprint density at radius 2 is 1.49 bits per heavy atom. The zero-order valence-corrected chi connectivity index (χ0v) is 26.4. The third-order valence-electron chi connectivity index (χ3n) is 9.00. The van der Waals surface area contributed by atoms with Gasteiger partial charge in [0, 0.05) is 17.3 Å². The Kier molecular flexibility index (Phi) is 8.71. The summed E-state index contributed by atoms with van der Waals surface area (Å²) in [5.74, 6) is -0.975. The fourth-order valence-electron chi connectivity index (χ4n) is 6.68. The van der Waals surface area contributed by atoms with E-state index in [0.29, 0.717) is 35.0 Å². The second-order valence-electron chi connectivity index (χ2n) is 12.1. The maximum Gasteiger partial charge on any atom is 0.417 e. The molecule has 1 aromatic heterocycles. The number of hydrogen-bond acceptors (Lipinski definition) is 5. The number of fused-ring (bicyclic) bond motifs is 1. The van der Waals surface area contributed by atoms with Crippen LogP contribution in [0.1, 0.15) is 68.7 Å². The molecule has 2 saturated heterocycles. The number of nitrogens with zero attached hydrogens (tertiary/aromatic N) is 2. The highest BCUT2D eigenvalue weighted by molar-refractivity contribution is 5.89. The highest BCUT2D eigenvalue weighted by Crippen LogP contribution is 2.51. The van der Waals surface area contributed by atoms with Crippen LogP contribution in [-0.2, 0) is 23.3 Å². The number of halogens is 9. The van der Waals surface area contributed by atoms with Crippen molar-refractivity contribution >= 4 is 12.1 Å². The van der Waals surface area contributed by atoms with Crippen molar-refractivity contribution in [3.8, 4) is 28.1 Å². The lowest BCUT2D eigenvalue weighted by molar-refractivity contribution is -0.143. The molecule has 16 heteroatoms. The number of pyridine rings is 1. The molecular weight excluding hydrogens is 699 g/mol. The van der Waals surface area contributed by atoms with Gasteiger partial charge in [0.15, 0.2) is 0 Å². The summed E-state index contributed by atoms with van der Waals surface area (Å²) < 4.78 is 135. The number of rotatable bonds is 6. The Balaban J connectivity index is 1.46. The van der Waals surface area contributed by atoms with Gasteiger partial charge in [-0.15, -0.1) is 0 Å². The summed E-state index contributed by atoms with van der Waals surface area (Å²) in [5, 5.41) is 9.37. The third kappa shape index (κ3) is 6.66. The molecular formula is C35H25F9N2O5. The Morgan fingerprint density at radius 1 is 0.843 bits per heavy atom. The Labute approximate surface area is 283 Å². The van der Waals surface area contributed by atoms with E-state index in [1.807, 2.05) is 0 Å². The summed E-state index contributed by atoms with van der Waals surface area (Å²) in [5.41, 5.74) is -3.22. The first-order valence-corrected chi connectivity index (χ1v) is 15.2. The van der Waals surface area contributed by atoms with Gasteiger partial charge >= 0.3 is 30.6 Å². The second-order valence-corrected chi connectivity index (χ2v) is 12.1. The number of carbonyl (C=O) groups excluding carboxylic acids is 1. The molecule has 3 aromatic carbocycles. The minimum absolute atomic E-state index is 0.0306. The van der Waals surface area contributed by atoms with E-state index in [-0.39, 0.29) is 47.0 Å². The number of aryl methyl sites for hydroxylation is 1. The van der Waals surface area contributed by atoms with E-state index in [9.17, 15) is 54.2 Å². The van der Waals surface area contributed by atoms with Crippen molar-refractivity contribution in [2.24, 2.45) is 0 Å². The summed E-state index contributed by atoms with van der Waals surface area (Å²) in [6.45, 7) is 1.67. The van der Waals surface area contributed by atoms with E-state index in [1.165, 1.54) is 25.3 Å². The van der Waals surface area contributed by atoms with Crippen LogP contribution < -0.4 is 4.74 Å². The fourth-order valence-corrected chi connectivity index (χ4v) is 6.68. The molecule has 268 valence electrons. The first kappa shape index (κ1) is 35.5. The van der Waals surface area contributed by atoms with Gasteiger partial charge in [-0.2, -0.15) is 39.5 Å². The molecule has 0 spiro atoms. The molecule has 0 saturated carbocycles. The highest BCUT2D eigenvalue weighted by Gasteiger charge is 2.52. The van der Waals surface area contributed by atoms with Crippen LogP contribution in [0.4, 0.5) is 44.3 Å². The monoisotopic (exact) mass is 724 g/mol. The SMILES string of the molecule is COc1ccc(-c2ccc(C(=O)O)cc2C)cc1-c1ncc(C(F)(F)F)cc1C1CC[C@H]2[C@@H](c3cc(C(F)(F)F)cc(C(F)(F)F)c3)OC(=O)N12. The first-order chi connectivity index (χ1) is 23.8. The van der Waals surface area contributed by atoms with Crippen LogP contribution in [0.25, 0.3) is 22.4 Å².